The van der Waals surface area contributed by atoms with Crippen molar-refractivity contribution in [2.75, 3.05) is 5.32 Å². The molecule has 1 amide bonds. The van der Waals surface area contributed by atoms with Gasteiger partial charge in [-0.15, -0.1) is 22.7 Å². The number of hydrogen-bond donors (Lipinski definition) is 1. The Labute approximate surface area is 117 Å². The van der Waals surface area contributed by atoms with Crippen molar-refractivity contribution in [2.45, 2.75) is 0 Å². The van der Waals surface area contributed by atoms with Gasteiger partial charge in [0.05, 0.1) is 5.39 Å². The van der Waals surface area contributed by atoms with Crippen LogP contribution in [0.15, 0.2) is 41.4 Å². The van der Waals surface area contributed by atoms with Gasteiger partial charge in [0.2, 0.25) is 5.91 Å². The number of nitrogens with zero attached hydrogens (tertiary/aromatic N) is 2. The highest BCUT2D eigenvalue weighted by Crippen LogP contribution is 2.23. The fourth-order valence-corrected chi connectivity index (χ4v) is 2.94. The van der Waals surface area contributed by atoms with E-state index < -0.39 is 0 Å². The summed E-state index contributed by atoms with van der Waals surface area (Å²) in [6, 6.07) is 5.80. The smallest absolute Gasteiger partial charge is 0.249 e. The lowest BCUT2D eigenvalue weighted by Crippen LogP contribution is -2.09. The molecule has 0 atom stereocenters. The Hall–Kier alpha value is -2.05. The number of hydrogen-bond acceptors (Lipinski definition) is 5. The summed E-state index contributed by atoms with van der Waals surface area (Å²) in [5.41, 5.74) is 0. The monoisotopic (exact) mass is 287 g/mol. The summed E-state index contributed by atoms with van der Waals surface area (Å²) in [5.74, 6) is 0.353. The Morgan fingerprint density at radius 2 is 2.16 bits per heavy atom. The third-order valence-electron chi connectivity index (χ3n) is 2.45. The first-order valence-corrected chi connectivity index (χ1v) is 7.29. The molecule has 1 N–H and O–H groups in total. The fourth-order valence-electron chi connectivity index (χ4n) is 1.59. The molecule has 19 heavy (non-hydrogen) atoms. The van der Waals surface area contributed by atoms with Gasteiger partial charge < -0.3 is 5.32 Å². The van der Waals surface area contributed by atoms with Crippen LogP contribution in [0.1, 0.15) is 4.88 Å². The van der Waals surface area contributed by atoms with Crippen molar-refractivity contribution in [3.63, 3.8) is 0 Å². The molecule has 0 saturated carbocycles. The van der Waals surface area contributed by atoms with Crippen molar-refractivity contribution < 1.29 is 4.79 Å². The van der Waals surface area contributed by atoms with E-state index in [9.17, 15) is 4.79 Å². The van der Waals surface area contributed by atoms with E-state index in [1.807, 2.05) is 29.0 Å². The molecule has 0 unspecified atom stereocenters. The lowest BCUT2D eigenvalue weighted by Gasteiger charge is -2.01. The van der Waals surface area contributed by atoms with E-state index in [1.54, 1.807) is 17.4 Å². The second-order valence-corrected chi connectivity index (χ2v) is 5.57. The number of fused-ring (bicyclic) bond motifs is 1. The van der Waals surface area contributed by atoms with E-state index in [0.29, 0.717) is 5.82 Å². The van der Waals surface area contributed by atoms with Crippen LogP contribution in [0, 0.1) is 0 Å². The standard InChI is InChI=1S/C13H9N3OS2/c17-11(4-3-9-2-1-6-18-9)16-12-10-5-7-19-13(10)15-8-14-12/h1-8H,(H,14,15,16,17)/b4-3+. The van der Waals surface area contributed by atoms with E-state index in [4.69, 9.17) is 0 Å². The van der Waals surface area contributed by atoms with E-state index in [0.717, 1.165) is 15.1 Å². The van der Waals surface area contributed by atoms with Crippen LogP contribution in [-0.4, -0.2) is 15.9 Å². The van der Waals surface area contributed by atoms with Crippen LogP contribution in [0.5, 0.6) is 0 Å². The predicted octanol–water partition coefficient (Wildman–Crippen LogP) is 3.40. The van der Waals surface area contributed by atoms with Crippen molar-refractivity contribution in [3.05, 3.63) is 46.2 Å². The molecular weight excluding hydrogens is 278 g/mol. The quantitative estimate of drug-likeness (QED) is 0.751. The van der Waals surface area contributed by atoms with E-state index >= 15 is 0 Å². The van der Waals surface area contributed by atoms with Gasteiger partial charge in [0.25, 0.3) is 0 Å². The molecule has 0 bridgehead atoms. The van der Waals surface area contributed by atoms with Crippen molar-refractivity contribution in [2.24, 2.45) is 0 Å². The van der Waals surface area contributed by atoms with Gasteiger partial charge in [-0.2, -0.15) is 0 Å². The van der Waals surface area contributed by atoms with Crippen molar-refractivity contribution in [1.82, 2.24) is 9.97 Å². The van der Waals surface area contributed by atoms with Crippen LogP contribution in [0.2, 0.25) is 0 Å². The molecule has 0 fully saturated rings. The molecule has 0 aromatic carbocycles. The molecule has 3 aromatic rings. The number of thiophene rings is 2. The second kappa shape index (κ2) is 5.29. The molecule has 0 radical (unpaired) electrons. The number of carbonyl (C=O) groups excluding carboxylic acids is 1. The maximum atomic E-state index is 11.8. The maximum Gasteiger partial charge on any atom is 0.249 e. The zero-order chi connectivity index (χ0) is 13.1. The van der Waals surface area contributed by atoms with Crippen LogP contribution >= 0.6 is 22.7 Å². The van der Waals surface area contributed by atoms with Gasteiger partial charge in [0.15, 0.2) is 0 Å². The van der Waals surface area contributed by atoms with Crippen LogP contribution in [-0.2, 0) is 4.79 Å². The van der Waals surface area contributed by atoms with Crippen LogP contribution in [0.3, 0.4) is 0 Å². The molecule has 0 saturated heterocycles. The average molecular weight is 287 g/mol. The summed E-state index contributed by atoms with van der Waals surface area (Å²) in [6.45, 7) is 0. The summed E-state index contributed by atoms with van der Waals surface area (Å²) in [4.78, 5) is 22.0. The summed E-state index contributed by atoms with van der Waals surface area (Å²) in [6.07, 6.45) is 4.75. The van der Waals surface area contributed by atoms with Gasteiger partial charge >= 0.3 is 0 Å². The predicted molar refractivity (Wildman–Crippen MR) is 79.4 cm³/mol. The summed E-state index contributed by atoms with van der Waals surface area (Å²) in [7, 11) is 0. The molecule has 3 heterocycles. The third-order valence-corrected chi connectivity index (χ3v) is 4.10. The Morgan fingerprint density at radius 1 is 1.21 bits per heavy atom. The number of carbonyl (C=O) groups is 1. The maximum absolute atomic E-state index is 11.8. The highest BCUT2D eigenvalue weighted by Gasteiger charge is 2.06. The summed E-state index contributed by atoms with van der Waals surface area (Å²) in [5, 5.41) is 7.53. The minimum absolute atomic E-state index is 0.195. The minimum Gasteiger partial charge on any atom is -0.306 e. The first-order chi connectivity index (χ1) is 9.33. The van der Waals surface area contributed by atoms with Gasteiger partial charge in [-0.05, 0) is 29.0 Å². The molecule has 3 aromatic heterocycles. The van der Waals surface area contributed by atoms with Crippen molar-refractivity contribution >= 4 is 50.7 Å². The first kappa shape index (κ1) is 12.0. The lowest BCUT2D eigenvalue weighted by molar-refractivity contribution is -0.111. The van der Waals surface area contributed by atoms with E-state index in [2.05, 4.69) is 15.3 Å². The van der Waals surface area contributed by atoms with Crippen molar-refractivity contribution in [1.29, 1.82) is 0 Å². The van der Waals surface area contributed by atoms with Gasteiger partial charge in [-0.25, -0.2) is 9.97 Å². The highest BCUT2D eigenvalue weighted by atomic mass is 32.1. The molecule has 6 heteroatoms. The molecule has 0 aliphatic rings. The summed E-state index contributed by atoms with van der Waals surface area (Å²) >= 11 is 3.11. The highest BCUT2D eigenvalue weighted by molar-refractivity contribution is 7.16. The van der Waals surface area contributed by atoms with Gasteiger partial charge in [-0.1, -0.05) is 6.07 Å². The van der Waals surface area contributed by atoms with Crippen molar-refractivity contribution in [3.8, 4) is 0 Å². The Kier molecular flexibility index (Phi) is 3.35. The van der Waals surface area contributed by atoms with Crippen LogP contribution < -0.4 is 5.32 Å². The van der Waals surface area contributed by atoms with Crippen LogP contribution in [0.4, 0.5) is 5.82 Å². The largest absolute Gasteiger partial charge is 0.306 e. The zero-order valence-corrected chi connectivity index (χ0v) is 11.4. The lowest BCUT2D eigenvalue weighted by atomic mass is 10.3. The second-order valence-electron chi connectivity index (χ2n) is 3.70. The molecule has 0 aliphatic heterocycles. The summed E-state index contributed by atoms with van der Waals surface area (Å²) < 4.78 is 0. The molecule has 94 valence electrons. The molecule has 4 nitrogen and oxygen atoms in total. The normalized spacial score (nSPS) is 11.2. The van der Waals surface area contributed by atoms with Crippen LogP contribution in [0.25, 0.3) is 16.3 Å². The minimum atomic E-state index is -0.195. The fraction of sp³-hybridized carbons (Fsp3) is 0. The topological polar surface area (TPSA) is 54.9 Å². The number of amides is 1. The Bertz CT molecular complexity index is 731. The van der Waals surface area contributed by atoms with Gasteiger partial charge in [0, 0.05) is 11.0 Å². The number of anilines is 1. The third kappa shape index (κ3) is 2.69. The first-order valence-electron chi connectivity index (χ1n) is 5.54. The molecular formula is C13H9N3OS2. The average Bonchev–Trinajstić information content (AvgIpc) is 3.08. The molecule has 3 rings (SSSR count). The molecule has 0 aliphatic carbocycles. The number of nitrogens with one attached hydrogen (secondary N) is 1. The number of aromatic nitrogens is 2. The van der Waals surface area contributed by atoms with E-state index in [-0.39, 0.29) is 5.91 Å². The Balaban J connectivity index is 1.78. The van der Waals surface area contributed by atoms with Gasteiger partial charge in [-0.3, -0.25) is 4.79 Å². The SMILES string of the molecule is O=C(/C=C/c1cccs1)Nc1ncnc2sccc12. The van der Waals surface area contributed by atoms with Gasteiger partial charge in [0.1, 0.15) is 17.0 Å². The van der Waals surface area contributed by atoms with E-state index in [1.165, 1.54) is 23.7 Å². The Morgan fingerprint density at radius 3 is 3.00 bits per heavy atom. The molecule has 0 spiro atoms. The zero-order valence-electron chi connectivity index (χ0n) is 9.74. The number of rotatable bonds is 3.